The van der Waals surface area contributed by atoms with Gasteiger partial charge in [0.2, 0.25) is 5.91 Å². The van der Waals surface area contributed by atoms with E-state index in [0.717, 1.165) is 32.4 Å². The standard InChI is InChI=1S/C12H22N2O2/c1-9-10(5-8-16-9)14(3)11(15)12(2)6-4-7-13-12/h9-10,13H,4-8H2,1-3H3. The number of carbonyl (C=O) groups excluding carboxylic acids is 1. The summed E-state index contributed by atoms with van der Waals surface area (Å²) in [6.45, 7) is 5.78. The van der Waals surface area contributed by atoms with Crippen LogP contribution in [0.15, 0.2) is 0 Å². The van der Waals surface area contributed by atoms with Crippen molar-refractivity contribution in [3.8, 4) is 0 Å². The molecule has 0 radical (unpaired) electrons. The first kappa shape index (κ1) is 11.9. The Balaban J connectivity index is 2.03. The highest BCUT2D eigenvalue weighted by atomic mass is 16.5. The molecule has 92 valence electrons. The summed E-state index contributed by atoms with van der Waals surface area (Å²) >= 11 is 0. The third-order valence-corrected chi connectivity index (χ3v) is 3.99. The number of rotatable bonds is 2. The molecule has 16 heavy (non-hydrogen) atoms. The minimum Gasteiger partial charge on any atom is -0.376 e. The number of hydrogen-bond donors (Lipinski definition) is 1. The molecule has 0 saturated carbocycles. The van der Waals surface area contributed by atoms with E-state index in [-0.39, 0.29) is 23.6 Å². The zero-order chi connectivity index (χ0) is 11.8. The van der Waals surface area contributed by atoms with E-state index in [9.17, 15) is 4.79 Å². The van der Waals surface area contributed by atoms with E-state index < -0.39 is 0 Å². The molecule has 1 N–H and O–H groups in total. The molecule has 0 aliphatic carbocycles. The van der Waals surface area contributed by atoms with Gasteiger partial charge >= 0.3 is 0 Å². The monoisotopic (exact) mass is 226 g/mol. The molecule has 2 fully saturated rings. The lowest BCUT2D eigenvalue weighted by molar-refractivity contribution is -0.138. The van der Waals surface area contributed by atoms with Crippen molar-refractivity contribution in [1.29, 1.82) is 0 Å². The van der Waals surface area contributed by atoms with Crippen LogP contribution < -0.4 is 5.32 Å². The Morgan fingerprint density at radius 1 is 1.56 bits per heavy atom. The molecule has 2 aliphatic heterocycles. The molecule has 1 amide bonds. The Morgan fingerprint density at radius 3 is 2.81 bits per heavy atom. The van der Waals surface area contributed by atoms with Gasteiger partial charge in [-0.15, -0.1) is 0 Å². The predicted molar refractivity (Wildman–Crippen MR) is 62.2 cm³/mol. The summed E-state index contributed by atoms with van der Waals surface area (Å²) < 4.78 is 5.52. The van der Waals surface area contributed by atoms with Gasteiger partial charge in [0.25, 0.3) is 0 Å². The number of amides is 1. The van der Waals surface area contributed by atoms with Crippen molar-refractivity contribution in [3.05, 3.63) is 0 Å². The lowest BCUT2D eigenvalue weighted by Gasteiger charge is -2.34. The van der Waals surface area contributed by atoms with Crippen molar-refractivity contribution < 1.29 is 9.53 Å². The van der Waals surface area contributed by atoms with Crippen molar-refractivity contribution >= 4 is 5.91 Å². The van der Waals surface area contributed by atoms with Gasteiger partial charge in [-0.3, -0.25) is 4.79 Å². The molecule has 0 bridgehead atoms. The number of nitrogens with zero attached hydrogens (tertiary/aromatic N) is 1. The summed E-state index contributed by atoms with van der Waals surface area (Å²) in [7, 11) is 1.91. The van der Waals surface area contributed by atoms with Crippen molar-refractivity contribution in [2.24, 2.45) is 0 Å². The maximum absolute atomic E-state index is 12.4. The highest BCUT2D eigenvalue weighted by molar-refractivity contribution is 5.86. The van der Waals surface area contributed by atoms with E-state index >= 15 is 0 Å². The molecular weight excluding hydrogens is 204 g/mol. The van der Waals surface area contributed by atoms with Crippen LogP contribution in [0.1, 0.15) is 33.1 Å². The van der Waals surface area contributed by atoms with E-state index in [2.05, 4.69) is 5.32 Å². The minimum absolute atomic E-state index is 0.166. The van der Waals surface area contributed by atoms with Gasteiger partial charge in [0, 0.05) is 13.7 Å². The van der Waals surface area contributed by atoms with Crippen LogP contribution in [0.4, 0.5) is 0 Å². The second kappa shape index (κ2) is 4.34. The Labute approximate surface area is 97.3 Å². The molecule has 2 rings (SSSR count). The van der Waals surface area contributed by atoms with Crippen LogP contribution in [-0.4, -0.2) is 48.7 Å². The smallest absolute Gasteiger partial charge is 0.242 e. The number of hydrogen-bond acceptors (Lipinski definition) is 3. The van der Waals surface area contributed by atoms with Gasteiger partial charge in [-0.25, -0.2) is 0 Å². The molecule has 0 spiro atoms. The zero-order valence-electron chi connectivity index (χ0n) is 10.5. The van der Waals surface area contributed by atoms with Crippen molar-refractivity contribution in [2.45, 2.75) is 50.8 Å². The van der Waals surface area contributed by atoms with Crippen LogP contribution in [0.25, 0.3) is 0 Å². The first-order valence-corrected chi connectivity index (χ1v) is 6.18. The van der Waals surface area contributed by atoms with Crippen molar-refractivity contribution in [2.75, 3.05) is 20.2 Å². The van der Waals surface area contributed by atoms with Gasteiger partial charge in [0.15, 0.2) is 0 Å². The summed E-state index contributed by atoms with van der Waals surface area (Å²) in [6.07, 6.45) is 3.16. The first-order chi connectivity index (χ1) is 7.54. The second-order valence-corrected chi connectivity index (χ2v) is 5.21. The fourth-order valence-corrected chi connectivity index (χ4v) is 2.85. The summed E-state index contributed by atoms with van der Waals surface area (Å²) in [4.78, 5) is 14.3. The Kier molecular flexibility index (Phi) is 3.22. The molecule has 2 aliphatic rings. The topological polar surface area (TPSA) is 41.6 Å². The van der Waals surface area contributed by atoms with E-state index in [4.69, 9.17) is 4.74 Å². The lowest BCUT2D eigenvalue weighted by atomic mass is 9.97. The SMILES string of the molecule is CC1OCCC1N(C)C(=O)C1(C)CCCN1. The number of likely N-dealkylation sites (N-methyl/N-ethyl adjacent to an activating group) is 1. The fraction of sp³-hybridized carbons (Fsp3) is 0.917. The van der Waals surface area contributed by atoms with Crippen LogP contribution in [-0.2, 0) is 9.53 Å². The summed E-state index contributed by atoms with van der Waals surface area (Å²) in [5.41, 5.74) is -0.350. The van der Waals surface area contributed by atoms with Gasteiger partial charge < -0.3 is 15.0 Å². The van der Waals surface area contributed by atoms with Crippen LogP contribution in [0, 0.1) is 0 Å². The molecular formula is C12H22N2O2. The van der Waals surface area contributed by atoms with Crippen LogP contribution in [0.5, 0.6) is 0 Å². The Bertz CT molecular complexity index is 274. The van der Waals surface area contributed by atoms with E-state index in [0.29, 0.717) is 0 Å². The molecule has 0 aromatic carbocycles. The van der Waals surface area contributed by atoms with Crippen molar-refractivity contribution in [3.63, 3.8) is 0 Å². The average Bonchev–Trinajstić information content (AvgIpc) is 2.86. The van der Waals surface area contributed by atoms with Crippen LogP contribution in [0.3, 0.4) is 0 Å². The van der Waals surface area contributed by atoms with Gasteiger partial charge in [0.1, 0.15) is 0 Å². The van der Waals surface area contributed by atoms with Crippen molar-refractivity contribution in [1.82, 2.24) is 10.2 Å². The number of nitrogens with one attached hydrogen (secondary N) is 1. The zero-order valence-corrected chi connectivity index (χ0v) is 10.5. The van der Waals surface area contributed by atoms with Gasteiger partial charge in [-0.2, -0.15) is 0 Å². The minimum atomic E-state index is -0.350. The van der Waals surface area contributed by atoms with Gasteiger partial charge in [-0.05, 0) is 39.7 Å². The lowest BCUT2D eigenvalue weighted by Crippen LogP contribution is -2.55. The highest BCUT2D eigenvalue weighted by Crippen LogP contribution is 2.25. The normalized spacial score (nSPS) is 38.9. The molecule has 3 atom stereocenters. The molecule has 4 heteroatoms. The third-order valence-electron chi connectivity index (χ3n) is 3.99. The molecule has 0 aromatic heterocycles. The highest BCUT2D eigenvalue weighted by Gasteiger charge is 2.41. The number of carbonyl (C=O) groups is 1. The second-order valence-electron chi connectivity index (χ2n) is 5.21. The quantitative estimate of drug-likeness (QED) is 0.756. The molecule has 3 unspecified atom stereocenters. The number of ether oxygens (including phenoxy) is 1. The Morgan fingerprint density at radius 2 is 2.31 bits per heavy atom. The summed E-state index contributed by atoms with van der Waals surface area (Å²) in [5.74, 6) is 0.215. The molecule has 4 nitrogen and oxygen atoms in total. The summed E-state index contributed by atoms with van der Waals surface area (Å²) in [6, 6.07) is 0.242. The van der Waals surface area contributed by atoms with E-state index in [1.807, 2.05) is 25.8 Å². The molecule has 0 aromatic rings. The van der Waals surface area contributed by atoms with Gasteiger partial charge in [-0.1, -0.05) is 0 Å². The maximum Gasteiger partial charge on any atom is 0.242 e. The first-order valence-electron chi connectivity index (χ1n) is 6.18. The maximum atomic E-state index is 12.4. The fourth-order valence-electron chi connectivity index (χ4n) is 2.85. The van der Waals surface area contributed by atoms with Gasteiger partial charge in [0.05, 0.1) is 17.7 Å². The van der Waals surface area contributed by atoms with E-state index in [1.54, 1.807) is 0 Å². The Hall–Kier alpha value is -0.610. The molecule has 2 saturated heterocycles. The van der Waals surface area contributed by atoms with Crippen LogP contribution in [0.2, 0.25) is 0 Å². The average molecular weight is 226 g/mol. The summed E-state index contributed by atoms with van der Waals surface area (Å²) in [5, 5.41) is 3.32. The van der Waals surface area contributed by atoms with E-state index in [1.165, 1.54) is 0 Å². The third kappa shape index (κ3) is 1.96. The largest absolute Gasteiger partial charge is 0.376 e. The molecule has 2 heterocycles. The van der Waals surface area contributed by atoms with Crippen LogP contribution >= 0.6 is 0 Å². The predicted octanol–water partition coefficient (Wildman–Crippen LogP) is 0.764.